The maximum absolute atomic E-state index is 13.0. The molecular weight excluding hydrogens is 367 g/mol. The number of para-hydroxylation sites is 1. The minimum Gasteiger partial charge on any atom is -0.493 e. The molecular formula is C19H15FN4O4. The van der Waals surface area contributed by atoms with Crippen LogP contribution in [0.2, 0.25) is 0 Å². The maximum atomic E-state index is 13.0. The number of hydrogen-bond acceptors (Lipinski definition) is 8. The van der Waals surface area contributed by atoms with Crippen LogP contribution in [-0.2, 0) is 6.42 Å². The van der Waals surface area contributed by atoms with Crippen molar-refractivity contribution in [3.05, 3.63) is 60.1 Å². The van der Waals surface area contributed by atoms with Crippen molar-refractivity contribution in [2.75, 3.05) is 14.2 Å². The van der Waals surface area contributed by atoms with E-state index in [0.29, 0.717) is 40.2 Å². The van der Waals surface area contributed by atoms with Gasteiger partial charge in [0, 0.05) is 5.56 Å². The number of nitrogens with zero attached hydrogens (tertiary/aromatic N) is 4. The Labute approximate surface area is 158 Å². The van der Waals surface area contributed by atoms with Crippen molar-refractivity contribution in [2.24, 2.45) is 0 Å². The molecule has 0 fully saturated rings. The molecule has 2 heterocycles. The van der Waals surface area contributed by atoms with Crippen molar-refractivity contribution in [3.63, 3.8) is 0 Å². The smallest absolute Gasteiger partial charge is 0.247 e. The number of ether oxygens (including phenoxy) is 2. The molecule has 2 aromatic heterocycles. The third kappa shape index (κ3) is 3.41. The molecule has 0 spiro atoms. The largest absolute Gasteiger partial charge is 0.493 e. The molecule has 0 unspecified atom stereocenters. The van der Waals surface area contributed by atoms with Gasteiger partial charge < -0.3 is 18.4 Å². The van der Waals surface area contributed by atoms with E-state index >= 15 is 0 Å². The monoisotopic (exact) mass is 382 g/mol. The van der Waals surface area contributed by atoms with Crippen LogP contribution in [0.1, 0.15) is 11.8 Å². The number of benzene rings is 2. The van der Waals surface area contributed by atoms with Crippen LogP contribution in [0.25, 0.3) is 22.8 Å². The van der Waals surface area contributed by atoms with E-state index < -0.39 is 0 Å². The van der Waals surface area contributed by atoms with E-state index in [2.05, 4.69) is 20.3 Å². The standard InChI is InChI=1S/C19H15FN4O4/c1-25-14-5-3-4-13(17(14)26-2)18-21-15(28-24-18)10-16-22-23-19(27-16)11-6-8-12(20)9-7-11/h3-9H,10H2,1-2H3. The third-order valence-electron chi connectivity index (χ3n) is 3.97. The highest BCUT2D eigenvalue weighted by atomic mass is 19.1. The van der Waals surface area contributed by atoms with Gasteiger partial charge >= 0.3 is 0 Å². The molecule has 0 aliphatic heterocycles. The normalized spacial score (nSPS) is 10.8. The molecule has 142 valence electrons. The molecule has 0 saturated heterocycles. The van der Waals surface area contributed by atoms with Gasteiger partial charge in [-0.25, -0.2) is 4.39 Å². The maximum Gasteiger partial charge on any atom is 0.247 e. The Morgan fingerprint density at radius 3 is 2.54 bits per heavy atom. The summed E-state index contributed by atoms with van der Waals surface area (Å²) in [4.78, 5) is 4.36. The first-order chi connectivity index (χ1) is 13.7. The summed E-state index contributed by atoms with van der Waals surface area (Å²) in [6.07, 6.45) is 0.160. The molecule has 0 aliphatic carbocycles. The van der Waals surface area contributed by atoms with Gasteiger partial charge in [-0.05, 0) is 36.4 Å². The number of methoxy groups -OCH3 is 2. The van der Waals surface area contributed by atoms with E-state index in [1.165, 1.54) is 19.2 Å². The Hall–Kier alpha value is -3.75. The van der Waals surface area contributed by atoms with Crippen molar-refractivity contribution in [3.8, 4) is 34.3 Å². The van der Waals surface area contributed by atoms with E-state index in [-0.39, 0.29) is 18.1 Å². The Balaban J connectivity index is 1.56. The number of aromatic nitrogens is 4. The fourth-order valence-electron chi connectivity index (χ4n) is 2.66. The number of hydrogen-bond donors (Lipinski definition) is 0. The van der Waals surface area contributed by atoms with Gasteiger partial charge in [-0.1, -0.05) is 11.2 Å². The van der Waals surface area contributed by atoms with Gasteiger partial charge in [0.05, 0.1) is 19.8 Å². The van der Waals surface area contributed by atoms with Crippen molar-refractivity contribution in [1.29, 1.82) is 0 Å². The van der Waals surface area contributed by atoms with E-state index in [4.69, 9.17) is 18.4 Å². The van der Waals surface area contributed by atoms with Crippen molar-refractivity contribution >= 4 is 0 Å². The van der Waals surface area contributed by atoms with Crippen molar-refractivity contribution < 1.29 is 22.8 Å². The zero-order chi connectivity index (χ0) is 19.5. The molecule has 2 aromatic carbocycles. The Bertz CT molecular complexity index is 1090. The van der Waals surface area contributed by atoms with Gasteiger partial charge in [-0.3, -0.25) is 0 Å². The lowest BCUT2D eigenvalue weighted by atomic mass is 10.1. The second-order valence-corrected chi connectivity index (χ2v) is 5.74. The summed E-state index contributed by atoms with van der Waals surface area (Å²) >= 11 is 0. The summed E-state index contributed by atoms with van der Waals surface area (Å²) in [6.45, 7) is 0. The van der Waals surface area contributed by atoms with Crippen molar-refractivity contribution in [1.82, 2.24) is 20.3 Å². The Kier molecular flexibility index (Phi) is 4.71. The van der Waals surface area contributed by atoms with Gasteiger partial charge in [0.2, 0.25) is 23.5 Å². The lowest BCUT2D eigenvalue weighted by molar-refractivity contribution is 0.355. The van der Waals surface area contributed by atoms with Crippen LogP contribution >= 0.6 is 0 Å². The van der Waals surface area contributed by atoms with Gasteiger partial charge in [0.25, 0.3) is 0 Å². The van der Waals surface area contributed by atoms with Crippen LogP contribution in [0.15, 0.2) is 51.4 Å². The second-order valence-electron chi connectivity index (χ2n) is 5.74. The number of halogens is 1. The summed E-state index contributed by atoms with van der Waals surface area (Å²) < 4.78 is 34.6. The average molecular weight is 382 g/mol. The second kappa shape index (κ2) is 7.47. The minimum absolute atomic E-state index is 0.160. The Morgan fingerprint density at radius 1 is 0.964 bits per heavy atom. The van der Waals surface area contributed by atoms with Crippen LogP contribution in [0.4, 0.5) is 4.39 Å². The SMILES string of the molecule is COc1cccc(-c2noc(Cc3nnc(-c4ccc(F)cc4)o3)n2)c1OC. The van der Waals surface area contributed by atoms with Gasteiger partial charge in [-0.2, -0.15) is 4.98 Å². The summed E-state index contributed by atoms with van der Waals surface area (Å²) in [6, 6.07) is 11.2. The molecule has 0 N–H and O–H groups in total. The molecule has 0 bridgehead atoms. The van der Waals surface area contributed by atoms with Crippen LogP contribution < -0.4 is 9.47 Å². The number of rotatable bonds is 6. The topological polar surface area (TPSA) is 96.3 Å². The summed E-state index contributed by atoms with van der Waals surface area (Å²) in [5, 5.41) is 11.9. The van der Waals surface area contributed by atoms with Gasteiger partial charge in [-0.15, -0.1) is 10.2 Å². The highest BCUT2D eigenvalue weighted by Crippen LogP contribution is 2.36. The predicted octanol–water partition coefficient (Wildman–Crippen LogP) is 3.53. The Morgan fingerprint density at radius 2 is 1.79 bits per heavy atom. The first-order valence-electron chi connectivity index (χ1n) is 8.30. The molecule has 28 heavy (non-hydrogen) atoms. The predicted molar refractivity (Wildman–Crippen MR) is 95.3 cm³/mol. The first-order valence-corrected chi connectivity index (χ1v) is 8.30. The van der Waals surface area contributed by atoms with E-state index in [0.717, 1.165) is 0 Å². The van der Waals surface area contributed by atoms with Crippen molar-refractivity contribution in [2.45, 2.75) is 6.42 Å². The molecule has 0 amide bonds. The molecule has 0 saturated carbocycles. The fourth-order valence-corrected chi connectivity index (χ4v) is 2.66. The highest BCUT2D eigenvalue weighted by Gasteiger charge is 2.18. The molecule has 4 rings (SSSR count). The van der Waals surface area contributed by atoms with Crippen LogP contribution in [-0.4, -0.2) is 34.6 Å². The lowest BCUT2D eigenvalue weighted by Gasteiger charge is -2.09. The molecule has 0 aliphatic rings. The minimum atomic E-state index is -0.338. The molecule has 4 aromatic rings. The zero-order valence-corrected chi connectivity index (χ0v) is 15.0. The molecule has 0 radical (unpaired) electrons. The average Bonchev–Trinajstić information content (AvgIpc) is 3.38. The van der Waals surface area contributed by atoms with Crippen LogP contribution in [0.5, 0.6) is 11.5 Å². The highest BCUT2D eigenvalue weighted by molar-refractivity contribution is 5.68. The molecule has 9 heteroatoms. The summed E-state index contributed by atoms with van der Waals surface area (Å²) in [5.74, 6) is 1.96. The van der Waals surface area contributed by atoms with Crippen LogP contribution in [0, 0.1) is 5.82 Å². The quantitative estimate of drug-likeness (QED) is 0.500. The van der Waals surface area contributed by atoms with E-state index in [1.807, 2.05) is 0 Å². The van der Waals surface area contributed by atoms with E-state index in [1.54, 1.807) is 37.4 Å². The molecule has 8 nitrogen and oxygen atoms in total. The molecule has 0 atom stereocenters. The van der Waals surface area contributed by atoms with Gasteiger partial charge in [0.15, 0.2) is 11.5 Å². The fraction of sp³-hybridized carbons (Fsp3) is 0.158. The summed E-state index contributed by atoms with van der Waals surface area (Å²) in [7, 11) is 3.09. The first kappa shape index (κ1) is 17.7. The summed E-state index contributed by atoms with van der Waals surface area (Å²) in [5.41, 5.74) is 1.25. The zero-order valence-electron chi connectivity index (χ0n) is 15.0. The van der Waals surface area contributed by atoms with E-state index in [9.17, 15) is 4.39 Å². The lowest BCUT2D eigenvalue weighted by Crippen LogP contribution is -1.94. The third-order valence-corrected chi connectivity index (χ3v) is 3.97. The van der Waals surface area contributed by atoms with Crippen LogP contribution in [0.3, 0.4) is 0 Å². The van der Waals surface area contributed by atoms with Gasteiger partial charge in [0.1, 0.15) is 12.2 Å².